The molecule has 4 nitrogen and oxygen atoms in total. The number of aliphatic imine (C=N–C) groups is 1. The minimum absolute atomic E-state index is 0. The van der Waals surface area contributed by atoms with Crippen molar-refractivity contribution in [2.45, 2.75) is 39.9 Å². The molecule has 0 aliphatic rings. The number of benzene rings is 1. The van der Waals surface area contributed by atoms with Crippen LogP contribution in [0.2, 0.25) is 0 Å². The average molecular weight is 416 g/mol. The van der Waals surface area contributed by atoms with Gasteiger partial charge < -0.3 is 11.1 Å². The Labute approximate surface area is 151 Å². The molecule has 1 aromatic rings. The summed E-state index contributed by atoms with van der Waals surface area (Å²) in [6.45, 7) is 12.3. The lowest BCUT2D eigenvalue weighted by atomic mass is 10.1. The molecule has 1 aromatic carbocycles. The number of guanidine groups is 1. The summed E-state index contributed by atoms with van der Waals surface area (Å²) in [5.74, 6) is 0.463. The van der Waals surface area contributed by atoms with Gasteiger partial charge in [-0.25, -0.2) is 4.99 Å². The number of nitrogens with two attached hydrogens (primary N) is 1. The predicted molar refractivity (Wildman–Crippen MR) is 107 cm³/mol. The molecule has 3 N–H and O–H groups in total. The van der Waals surface area contributed by atoms with Crippen molar-refractivity contribution >= 4 is 29.9 Å². The Balaban J connectivity index is 0.00000441. The Bertz CT molecular complexity index is 497. The zero-order chi connectivity index (χ0) is 15.8. The topological polar surface area (TPSA) is 53.6 Å². The van der Waals surface area contributed by atoms with Crippen LogP contribution in [0.15, 0.2) is 41.4 Å². The van der Waals surface area contributed by atoms with Crippen LogP contribution in [-0.4, -0.2) is 30.5 Å². The van der Waals surface area contributed by atoms with Crippen LogP contribution in [0.3, 0.4) is 0 Å². The molecular weight excluding hydrogens is 387 g/mol. The first-order chi connectivity index (χ1) is 9.90. The Morgan fingerprint density at radius 2 is 1.91 bits per heavy atom. The molecule has 0 unspecified atom stereocenters. The van der Waals surface area contributed by atoms with E-state index in [0.717, 1.165) is 12.1 Å². The Hall–Kier alpha value is -1.08. The van der Waals surface area contributed by atoms with E-state index in [2.05, 4.69) is 60.9 Å². The van der Waals surface area contributed by atoms with Gasteiger partial charge in [-0.05, 0) is 38.9 Å². The fraction of sp³-hybridized carbons (Fsp3) is 0.471. The van der Waals surface area contributed by atoms with Gasteiger partial charge in [-0.2, -0.15) is 0 Å². The van der Waals surface area contributed by atoms with E-state index in [1.807, 2.05) is 13.0 Å². The first-order valence-electron chi connectivity index (χ1n) is 7.35. The number of rotatable bonds is 7. The summed E-state index contributed by atoms with van der Waals surface area (Å²) in [6, 6.07) is 8.89. The molecule has 22 heavy (non-hydrogen) atoms. The highest BCUT2D eigenvalue weighted by molar-refractivity contribution is 14.0. The van der Waals surface area contributed by atoms with Crippen molar-refractivity contribution in [1.82, 2.24) is 10.2 Å². The van der Waals surface area contributed by atoms with Gasteiger partial charge in [0.2, 0.25) is 0 Å². The third kappa shape index (κ3) is 7.79. The number of nitrogens with zero attached hydrogens (tertiary/aromatic N) is 2. The maximum Gasteiger partial charge on any atom is 0.189 e. The third-order valence-electron chi connectivity index (χ3n) is 3.41. The van der Waals surface area contributed by atoms with Crippen molar-refractivity contribution in [1.29, 1.82) is 0 Å². The number of hydrogen-bond acceptors (Lipinski definition) is 2. The van der Waals surface area contributed by atoms with Gasteiger partial charge in [0.05, 0.1) is 6.54 Å². The molecule has 0 fully saturated rings. The highest BCUT2D eigenvalue weighted by atomic mass is 127. The number of nitrogens with one attached hydrogen (secondary N) is 1. The summed E-state index contributed by atoms with van der Waals surface area (Å²) >= 11 is 0. The number of hydrogen-bond donors (Lipinski definition) is 2. The summed E-state index contributed by atoms with van der Waals surface area (Å²) in [7, 11) is 2.13. The Morgan fingerprint density at radius 1 is 1.32 bits per heavy atom. The molecule has 0 bridgehead atoms. The highest BCUT2D eigenvalue weighted by Gasteiger charge is 2.07. The SMILES string of the molecule is C=C(C)CNC(N)=NCc1ccccc1CN(C)C(C)C.I. The van der Waals surface area contributed by atoms with Crippen LogP contribution in [0.1, 0.15) is 31.9 Å². The van der Waals surface area contributed by atoms with E-state index >= 15 is 0 Å². The van der Waals surface area contributed by atoms with E-state index in [4.69, 9.17) is 5.73 Å². The molecule has 0 aliphatic heterocycles. The van der Waals surface area contributed by atoms with Crippen molar-refractivity contribution in [2.24, 2.45) is 10.7 Å². The molecule has 0 saturated carbocycles. The molecule has 0 heterocycles. The minimum Gasteiger partial charge on any atom is -0.370 e. The van der Waals surface area contributed by atoms with Crippen molar-refractivity contribution in [3.05, 3.63) is 47.5 Å². The normalized spacial score (nSPS) is 11.5. The maximum atomic E-state index is 5.86. The molecule has 0 atom stereocenters. The smallest absolute Gasteiger partial charge is 0.189 e. The Morgan fingerprint density at radius 3 is 2.45 bits per heavy atom. The van der Waals surface area contributed by atoms with Gasteiger partial charge in [0.25, 0.3) is 0 Å². The number of halogens is 1. The summed E-state index contributed by atoms with van der Waals surface area (Å²) in [5, 5.41) is 3.05. The van der Waals surface area contributed by atoms with Crippen LogP contribution in [0, 0.1) is 0 Å². The Kier molecular flexibility index (Phi) is 10.1. The highest BCUT2D eigenvalue weighted by Crippen LogP contribution is 2.13. The summed E-state index contributed by atoms with van der Waals surface area (Å²) < 4.78 is 0. The van der Waals surface area contributed by atoms with E-state index in [1.165, 1.54) is 11.1 Å². The van der Waals surface area contributed by atoms with Gasteiger partial charge in [0, 0.05) is 19.1 Å². The molecule has 0 aliphatic carbocycles. The van der Waals surface area contributed by atoms with E-state index in [1.54, 1.807) is 0 Å². The fourth-order valence-electron chi connectivity index (χ4n) is 1.78. The average Bonchev–Trinajstić information content (AvgIpc) is 2.44. The summed E-state index contributed by atoms with van der Waals surface area (Å²) in [5.41, 5.74) is 9.40. The molecule has 0 amide bonds. The molecular formula is C17H29IN4. The summed E-state index contributed by atoms with van der Waals surface area (Å²) in [6.07, 6.45) is 0. The molecule has 0 spiro atoms. The van der Waals surface area contributed by atoms with Gasteiger partial charge >= 0.3 is 0 Å². The van der Waals surface area contributed by atoms with Crippen LogP contribution in [-0.2, 0) is 13.1 Å². The second-order valence-electron chi connectivity index (χ2n) is 5.79. The van der Waals surface area contributed by atoms with Crippen LogP contribution in [0.5, 0.6) is 0 Å². The fourth-order valence-corrected chi connectivity index (χ4v) is 1.78. The zero-order valence-electron chi connectivity index (χ0n) is 14.1. The van der Waals surface area contributed by atoms with Crippen LogP contribution in [0.25, 0.3) is 0 Å². The van der Waals surface area contributed by atoms with Gasteiger partial charge in [0.1, 0.15) is 0 Å². The van der Waals surface area contributed by atoms with Crippen molar-refractivity contribution in [3.63, 3.8) is 0 Å². The standard InChI is InChI=1S/C17H28N4.HI/c1-13(2)10-19-17(18)20-11-15-8-6-7-9-16(15)12-21(5)14(3)4;/h6-9,14H,1,10-12H2,2-5H3,(H3,18,19,20);1H. The first kappa shape index (κ1) is 20.9. The van der Waals surface area contributed by atoms with Gasteiger partial charge in [-0.3, -0.25) is 4.90 Å². The summed E-state index contributed by atoms with van der Waals surface area (Å²) in [4.78, 5) is 6.71. The molecule has 0 saturated heterocycles. The van der Waals surface area contributed by atoms with Gasteiger partial charge in [-0.1, -0.05) is 36.4 Å². The zero-order valence-corrected chi connectivity index (χ0v) is 16.4. The van der Waals surface area contributed by atoms with Crippen LogP contribution < -0.4 is 11.1 Å². The molecule has 1 rings (SSSR count). The van der Waals surface area contributed by atoms with Gasteiger partial charge in [-0.15, -0.1) is 24.0 Å². The van der Waals surface area contributed by atoms with E-state index in [-0.39, 0.29) is 24.0 Å². The largest absolute Gasteiger partial charge is 0.370 e. The van der Waals surface area contributed by atoms with Crippen LogP contribution in [0.4, 0.5) is 0 Å². The quantitative estimate of drug-likeness (QED) is 0.311. The van der Waals surface area contributed by atoms with E-state index in [9.17, 15) is 0 Å². The lowest BCUT2D eigenvalue weighted by Gasteiger charge is -2.22. The lowest BCUT2D eigenvalue weighted by Crippen LogP contribution is -2.32. The molecule has 0 aromatic heterocycles. The van der Waals surface area contributed by atoms with Crippen molar-refractivity contribution < 1.29 is 0 Å². The lowest BCUT2D eigenvalue weighted by molar-refractivity contribution is 0.265. The molecule has 0 radical (unpaired) electrons. The van der Waals surface area contributed by atoms with Crippen molar-refractivity contribution in [3.8, 4) is 0 Å². The maximum absolute atomic E-state index is 5.86. The van der Waals surface area contributed by atoms with Gasteiger partial charge in [0.15, 0.2) is 5.96 Å². The molecule has 5 heteroatoms. The second kappa shape index (κ2) is 10.6. The second-order valence-corrected chi connectivity index (χ2v) is 5.79. The van der Waals surface area contributed by atoms with Crippen molar-refractivity contribution in [2.75, 3.05) is 13.6 Å². The minimum atomic E-state index is 0. The molecule has 124 valence electrons. The first-order valence-corrected chi connectivity index (χ1v) is 7.35. The third-order valence-corrected chi connectivity index (χ3v) is 3.41. The van der Waals surface area contributed by atoms with E-state index in [0.29, 0.717) is 25.1 Å². The van der Waals surface area contributed by atoms with Crippen LogP contribution >= 0.6 is 24.0 Å². The predicted octanol–water partition coefficient (Wildman–Crippen LogP) is 3.13. The van der Waals surface area contributed by atoms with E-state index < -0.39 is 0 Å². The monoisotopic (exact) mass is 416 g/mol.